The molecule has 1 aromatic rings. The maximum atomic E-state index is 11.1. The third kappa shape index (κ3) is 1.96. The minimum atomic E-state index is -0.365. The second-order valence-corrected chi connectivity index (χ2v) is 3.30. The minimum Gasteiger partial charge on any atom is -0.461 e. The van der Waals surface area contributed by atoms with Crippen LogP contribution in [0.2, 0.25) is 0 Å². The summed E-state index contributed by atoms with van der Waals surface area (Å²) in [7, 11) is 1.78. The molecule has 0 amide bonds. The Bertz CT molecular complexity index is 276. The number of carbonyl (C=O) groups is 1. The molecule has 0 unspecified atom stereocenters. The third-order valence-electron chi connectivity index (χ3n) is 1.31. The van der Waals surface area contributed by atoms with Crippen LogP contribution in [-0.4, -0.2) is 22.4 Å². The van der Waals surface area contributed by atoms with Crippen molar-refractivity contribution >= 4 is 28.6 Å². The number of hydrogen-bond donors (Lipinski definition) is 0. The first-order chi connectivity index (χ1) is 5.65. The molecule has 0 spiro atoms. The van der Waals surface area contributed by atoms with E-state index in [1.165, 1.54) is 0 Å². The summed E-state index contributed by atoms with van der Waals surface area (Å²) in [6.07, 6.45) is 0. The first kappa shape index (κ1) is 9.50. The summed E-state index contributed by atoms with van der Waals surface area (Å²) < 4.78 is 7.32. The standard InChI is InChI=1S/C7H9IN2O2/c1-3-12-7(11)5-4-6(8)10(2)9-5/h4H,3H2,1-2H3. The molecule has 0 saturated carbocycles. The zero-order valence-electron chi connectivity index (χ0n) is 6.87. The molecule has 0 radical (unpaired) electrons. The number of nitrogens with zero attached hydrogens (tertiary/aromatic N) is 2. The van der Waals surface area contributed by atoms with E-state index in [9.17, 15) is 4.79 Å². The quantitative estimate of drug-likeness (QED) is 0.604. The van der Waals surface area contributed by atoms with Crippen LogP contribution in [0.5, 0.6) is 0 Å². The maximum Gasteiger partial charge on any atom is 0.358 e. The topological polar surface area (TPSA) is 44.1 Å². The molecule has 0 bridgehead atoms. The molecule has 0 aliphatic carbocycles. The van der Waals surface area contributed by atoms with Crippen molar-refractivity contribution in [2.24, 2.45) is 7.05 Å². The highest BCUT2D eigenvalue weighted by atomic mass is 127. The smallest absolute Gasteiger partial charge is 0.358 e. The third-order valence-corrected chi connectivity index (χ3v) is 2.32. The van der Waals surface area contributed by atoms with Crippen LogP contribution in [-0.2, 0) is 11.8 Å². The zero-order chi connectivity index (χ0) is 9.14. The second kappa shape index (κ2) is 3.88. The Hall–Kier alpha value is -0.590. The highest BCUT2D eigenvalue weighted by Gasteiger charge is 2.11. The molecule has 66 valence electrons. The molecular weight excluding hydrogens is 271 g/mol. The van der Waals surface area contributed by atoms with Gasteiger partial charge in [-0.3, -0.25) is 4.68 Å². The fourth-order valence-corrected chi connectivity index (χ4v) is 1.15. The van der Waals surface area contributed by atoms with Crippen LogP contribution in [0.15, 0.2) is 6.07 Å². The number of ether oxygens (including phenoxy) is 1. The van der Waals surface area contributed by atoms with Crippen molar-refractivity contribution < 1.29 is 9.53 Å². The molecule has 0 aliphatic rings. The van der Waals surface area contributed by atoms with E-state index in [0.717, 1.165) is 3.70 Å². The van der Waals surface area contributed by atoms with E-state index in [1.807, 2.05) is 0 Å². The van der Waals surface area contributed by atoms with Crippen LogP contribution in [0.3, 0.4) is 0 Å². The molecule has 0 aromatic carbocycles. The minimum absolute atomic E-state index is 0.365. The highest BCUT2D eigenvalue weighted by Crippen LogP contribution is 2.06. The fraction of sp³-hybridized carbons (Fsp3) is 0.429. The first-order valence-corrected chi connectivity index (χ1v) is 4.59. The Morgan fingerprint density at radius 3 is 2.92 bits per heavy atom. The van der Waals surface area contributed by atoms with Crippen molar-refractivity contribution in [1.82, 2.24) is 9.78 Å². The summed E-state index contributed by atoms with van der Waals surface area (Å²) in [5, 5.41) is 3.96. The van der Waals surface area contributed by atoms with E-state index < -0.39 is 0 Å². The normalized spacial score (nSPS) is 9.92. The Morgan fingerprint density at radius 1 is 1.83 bits per heavy atom. The first-order valence-electron chi connectivity index (χ1n) is 3.51. The van der Waals surface area contributed by atoms with Gasteiger partial charge in [-0.1, -0.05) is 0 Å². The Morgan fingerprint density at radius 2 is 2.50 bits per heavy atom. The average molecular weight is 280 g/mol. The van der Waals surface area contributed by atoms with Crippen molar-refractivity contribution in [2.75, 3.05) is 6.61 Å². The summed E-state index contributed by atoms with van der Waals surface area (Å²) in [5.41, 5.74) is 0.365. The Kier molecular flexibility index (Phi) is 3.07. The summed E-state index contributed by atoms with van der Waals surface area (Å²) in [6, 6.07) is 1.69. The second-order valence-electron chi connectivity index (χ2n) is 2.20. The number of aromatic nitrogens is 2. The molecule has 1 heterocycles. The van der Waals surface area contributed by atoms with Gasteiger partial charge in [0.05, 0.1) is 10.3 Å². The van der Waals surface area contributed by atoms with Gasteiger partial charge < -0.3 is 4.74 Å². The Balaban J connectivity index is 2.82. The van der Waals surface area contributed by atoms with Gasteiger partial charge >= 0.3 is 5.97 Å². The monoisotopic (exact) mass is 280 g/mol. The number of aryl methyl sites for hydroxylation is 1. The van der Waals surface area contributed by atoms with Gasteiger partial charge in [0.1, 0.15) is 0 Å². The van der Waals surface area contributed by atoms with Crippen LogP contribution in [0, 0.1) is 3.70 Å². The van der Waals surface area contributed by atoms with Crippen LogP contribution in [0.4, 0.5) is 0 Å². The molecule has 0 saturated heterocycles. The number of esters is 1. The Labute approximate surface area is 84.0 Å². The zero-order valence-corrected chi connectivity index (χ0v) is 9.03. The molecule has 0 fully saturated rings. The molecule has 1 aromatic heterocycles. The summed E-state index contributed by atoms with van der Waals surface area (Å²) in [5.74, 6) is -0.365. The van der Waals surface area contributed by atoms with Gasteiger partial charge in [-0.25, -0.2) is 4.79 Å². The predicted octanol–water partition coefficient (Wildman–Crippen LogP) is 1.20. The van der Waals surface area contributed by atoms with Gasteiger partial charge in [0.25, 0.3) is 0 Å². The highest BCUT2D eigenvalue weighted by molar-refractivity contribution is 14.1. The van der Waals surface area contributed by atoms with Crippen molar-refractivity contribution in [1.29, 1.82) is 0 Å². The van der Waals surface area contributed by atoms with Crippen molar-refractivity contribution in [3.63, 3.8) is 0 Å². The SMILES string of the molecule is CCOC(=O)c1cc(I)n(C)n1. The maximum absolute atomic E-state index is 11.1. The van der Waals surface area contributed by atoms with Gasteiger partial charge in [-0.05, 0) is 29.5 Å². The van der Waals surface area contributed by atoms with E-state index >= 15 is 0 Å². The van der Waals surface area contributed by atoms with Crippen LogP contribution < -0.4 is 0 Å². The molecule has 0 atom stereocenters. The summed E-state index contributed by atoms with van der Waals surface area (Å²) in [4.78, 5) is 11.1. The van der Waals surface area contributed by atoms with Gasteiger partial charge in [0, 0.05) is 13.1 Å². The molecule has 4 nitrogen and oxygen atoms in total. The van der Waals surface area contributed by atoms with Crippen LogP contribution in [0.25, 0.3) is 0 Å². The van der Waals surface area contributed by atoms with Gasteiger partial charge in [-0.2, -0.15) is 5.10 Å². The summed E-state index contributed by atoms with van der Waals surface area (Å²) >= 11 is 2.10. The van der Waals surface area contributed by atoms with E-state index in [4.69, 9.17) is 4.74 Å². The lowest BCUT2D eigenvalue weighted by atomic mass is 10.4. The molecule has 0 N–H and O–H groups in total. The lowest BCUT2D eigenvalue weighted by Crippen LogP contribution is -2.05. The number of rotatable bonds is 2. The lowest BCUT2D eigenvalue weighted by Gasteiger charge is -1.95. The van der Waals surface area contributed by atoms with Crippen molar-refractivity contribution in [3.05, 3.63) is 15.5 Å². The summed E-state index contributed by atoms with van der Waals surface area (Å²) in [6.45, 7) is 2.15. The molecule has 5 heteroatoms. The molecule has 12 heavy (non-hydrogen) atoms. The predicted molar refractivity (Wildman–Crippen MR) is 51.9 cm³/mol. The largest absolute Gasteiger partial charge is 0.461 e. The van der Waals surface area contributed by atoms with E-state index in [-0.39, 0.29) is 5.97 Å². The van der Waals surface area contributed by atoms with Gasteiger partial charge in [-0.15, -0.1) is 0 Å². The van der Waals surface area contributed by atoms with Crippen molar-refractivity contribution in [2.45, 2.75) is 6.92 Å². The molecular formula is C7H9IN2O2. The average Bonchev–Trinajstić information content (AvgIpc) is 2.33. The van der Waals surface area contributed by atoms with E-state index in [1.54, 1.807) is 24.7 Å². The van der Waals surface area contributed by atoms with E-state index in [2.05, 4.69) is 27.7 Å². The number of halogens is 1. The molecule has 1 rings (SSSR count). The van der Waals surface area contributed by atoms with Gasteiger partial charge in [0.2, 0.25) is 0 Å². The number of hydrogen-bond acceptors (Lipinski definition) is 3. The van der Waals surface area contributed by atoms with Gasteiger partial charge in [0.15, 0.2) is 5.69 Å². The van der Waals surface area contributed by atoms with E-state index in [0.29, 0.717) is 12.3 Å². The fourth-order valence-electron chi connectivity index (χ4n) is 0.749. The number of carbonyl (C=O) groups excluding carboxylic acids is 1. The van der Waals surface area contributed by atoms with Crippen LogP contribution >= 0.6 is 22.6 Å². The lowest BCUT2D eigenvalue weighted by molar-refractivity contribution is 0.0518. The molecule has 0 aliphatic heterocycles. The van der Waals surface area contributed by atoms with Crippen molar-refractivity contribution in [3.8, 4) is 0 Å². The van der Waals surface area contributed by atoms with Crippen LogP contribution in [0.1, 0.15) is 17.4 Å².